The Labute approximate surface area is 295 Å². The lowest BCUT2D eigenvalue weighted by Crippen LogP contribution is -2.62. The summed E-state index contributed by atoms with van der Waals surface area (Å²) in [7, 11) is 1.56. The second-order valence-electron chi connectivity index (χ2n) is 16.3. The van der Waals surface area contributed by atoms with Gasteiger partial charge in [-0.3, -0.25) is 9.59 Å². The fraction of sp³-hybridized carbons (Fsp3) is 0.524. The number of carbonyl (C=O) groups is 3. The van der Waals surface area contributed by atoms with Crippen LogP contribution in [0.3, 0.4) is 0 Å². The number of esters is 2. The lowest BCUT2D eigenvalue weighted by molar-refractivity contribution is -0.183. The van der Waals surface area contributed by atoms with Crippen molar-refractivity contribution in [2.45, 2.75) is 86.5 Å². The number of ether oxygens (including phenoxy) is 3. The van der Waals surface area contributed by atoms with Crippen LogP contribution < -0.4 is 4.74 Å². The van der Waals surface area contributed by atoms with E-state index in [0.717, 1.165) is 49.7 Å². The first-order valence-corrected chi connectivity index (χ1v) is 17.8. The van der Waals surface area contributed by atoms with Gasteiger partial charge in [-0.1, -0.05) is 57.6 Å². The fourth-order valence-corrected chi connectivity index (χ4v) is 10.2. The Bertz CT molecular complexity index is 1840. The van der Waals surface area contributed by atoms with Gasteiger partial charge >= 0.3 is 11.9 Å². The summed E-state index contributed by atoms with van der Waals surface area (Å²) in [6.45, 7) is 13.1. The third kappa shape index (κ3) is 5.45. The summed E-state index contributed by atoms with van der Waals surface area (Å²) in [6, 6.07) is 8.85. The Balaban J connectivity index is 1.15. The van der Waals surface area contributed by atoms with Gasteiger partial charge in [0.25, 0.3) is 0 Å². The molecule has 264 valence electrons. The number of carbonyl (C=O) groups excluding carboxylic acids is 3. The minimum absolute atomic E-state index is 0.0860. The van der Waals surface area contributed by atoms with Crippen molar-refractivity contribution in [3.8, 4) is 11.8 Å². The summed E-state index contributed by atoms with van der Waals surface area (Å²) in [5, 5.41) is 20.0. The van der Waals surface area contributed by atoms with Crippen LogP contribution in [0.2, 0.25) is 0 Å². The molecule has 6 atom stereocenters. The highest BCUT2D eigenvalue weighted by molar-refractivity contribution is 6.06. The van der Waals surface area contributed by atoms with Gasteiger partial charge < -0.3 is 19.3 Å². The van der Waals surface area contributed by atoms with Gasteiger partial charge in [-0.2, -0.15) is 5.26 Å². The number of allylic oxidation sites excluding steroid dienone is 7. The van der Waals surface area contributed by atoms with E-state index in [1.807, 2.05) is 19.9 Å². The van der Waals surface area contributed by atoms with Gasteiger partial charge in [-0.15, -0.1) is 0 Å². The largest absolute Gasteiger partial charge is 0.504 e. The molecule has 0 amide bonds. The van der Waals surface area contributed by atoms with Crippen molar-refractivity contribution in [2.75, 3.05) is 20.3 Å². The van der Waals surface area contributed by atoms with Gasteiger partial charge in [0.05, 0.1) is 12.5 Å². The molecule has 0 radical (unpaired) electrons. The number of nitrogens with zero attached hydrogens (tertiary/aromatic N) is 1. The topological polar surface area (TPSA) is 123 Å². The first-order chi connectivity index (χ1) is 23.5. The second kappa shape index (κ2) is 12.4. The van der Waals surface area contributed by atoms with Crippen molar-refractivity contribution in [3.05, 3.63) is 81.7 Å². The number of hydrogen-bond donors (Lipinski definition) is 1. The summed E-state index contributed by atoms with van der Waals surface area (Å²) < 4.78 is 16.2. The van der Waals surface area contributed by atoms with E-state index in [0.29, 0.717) is 23.3 Å². The van der Waals surface area contributed by atoms with Crippen LogP contribution in [0.25, 0.3) is 6.08 Å². The van der Waals surface area contributed by atoms with Crippen LogP contribution in [-0.2, 0) is 23.9 Å². The molecule has 3 fully saturated rings. The number of fused-ring (bicyclic) bond motifs is 7. The average molecular weight is 680 g/mol. The first kappa shape index (κ1) is 35.4. The van der Waals surface area contributed by atoms with Gasteiger partial charge in [0.1, 0.15) is 30.6 Å². The van der Waals surface area contributed by atoms with E-state index < -0.39 is 11.4 Å². The van der Waals surface area contributed by atoms with Crippen LogP contribution in [0.1, 0.15) is 92.1 Å². The van der Waals surface area contributed by atoms with Crippen molar-refractivity contribution in [1.82, 2.24) is 0 Å². The van der Waals surface area contributed by atoms with Gasteiger partial charge in [0.15, 0.2) is 5.76 Å². The number of ketones is 1. The van der Waals surface area contributed by atoms with Crippen molar-refractivity contribution in [3.63, 3.8) is 0 Å². The summed E-state index contributed by atoms with van der Waals surface area (Å²) in [4.78, 5) is 39.2. The molecule has 3 saturated carbocycles. The molecule has 0 unspecified atom stereocenters. The predicted octanol–water partition coefficient (Wildman–Crippen LogP) is 8.32. The zero-order valence-corrected chi connectivity index (χ0v) is 30.4. The number of methoxy groups -OCH3 is 1. The number of aliphatic hydroxyl groups excluding tert-OH is 1. The second-order valence-corrected chi connectivity index (χ2v) is 16.3. The van der Waals surface area contributed by atoms with Crippen molar-refractivity contribution in [1.29, 1.82) is 5.26 Å². The van der Waals surface area contributed by atoms with E-state index in [1.165, 1.54) is 11.6 Å². The van der Waals surface area contributed by atoms with Crippen molar-refractivity contribution in [2.24, 2.45) is 33.0 Å². The van der Waals surface area contributed by atoms with Crippen LogP contribution in [0.5, 0.6) is 5.75 Å². The lowest BCUT2D eigenvalue weighted by atomic mass is 9.34. The van der Waals surface area contributed by atoms with Crippen LogP contribution in [-0.4, -0.2) is 43.2 Å². The summed E-state index contributed by atoms with van der Waals surface area (Å²) in [6.07, 6.45) is 13.8. The average Bonchev–Trinajstić information content (AvgIpc) is 3.10. The highest BCUT2D eigenvalue weighted by Gasteiger charge is 2.67. The smallest absolute Gasteiger partial charge is 0.349 e. The predicted molar refractivity (Wildman–Crippen MR) is 189 cm³/mol. The highest BCUT2D eigenvalue weighted by Crippen LogP contribution is 2.75. The monoisotopic (exact) mass is 679 g/mol. The molecule has 5 aliphatic rings. The third-order valence-corrected chi connectivity index (χ3v) is 13.7. The quantitative estimate of drug-likeness (QED) is 0.132. The molecule has 0 aliphatic heterocycles. The number of benzene rings is 1. The Morgan fingerprint density at radius 2 is 1.64 bits per heavy atom. The van der Waals surface area contributed by atoms with E-state index in [2.05, 4.69) is 39.8 Å². The molecule has 0 heterocycles. The molecule has 1 N–H and O–H groups in total. The number of hydrogen-bond acceptors (Lipinski definition) is 8. The van der Waals surface area contributed by atoms with E-state index in [-0.39, 0.29) is 63.9 Å². The first-order valence-electron chi connectivity index (χ1n) is 17.8. The SMILES string of the molecule is COc1ccc(/C=C(\C#N)C(=O)OCCOC(=O)[C@]2(C)CC[C@]3(C)CC[C@]4(C)C5=CC=C6C(=CC(=O)C(O)=C6C)[C@]5(C)CC[C@@]4(C)[C@@H]3C2)cc1. The molecular formula is C42H49NO7. The molecule has 1 aromatic carbocycles. The van der Waals surface area contributed by atoms with Gasteiger partial charge in [-0.05, 0) is 122 Å². The molecule has 0 spiro atoms. The molecule has 0 aromatic heterocycles. The van der Waals surface area contributed by atoms with E-state index in [1.54, 1.807) is 37.5 Å². The molecule has 5 aliphatic carbocycles. The standard InChI is InChI=1S/C42H49NO7/c1-26-30-12-13-33-40(4,31(30)23-32(44)35(26)45)17-19-42(6)34-24-39(3,15-14-38(34,2)16-18-41(33,42)5)37(47)50-21-20-49-36(46)28(25-43)22-27-8-10-29(48-7)11-9-27/h8-13,22-23,34,45H,14-21,24H2,1-7H3/b28-22+/t34-,38-,39-,40+,41-,42+/m1/s1. The molecule has 50 heavy (non-hydrogen) atoms. The number of nitriles is 1. The van der Waals surface area contributed by atoms with E-state index in [4.69, 9.17) is 14.2 Å². The van der Waals surface area contributed by atoms with Crippen molar-refractivity contribution < 1.29 is 33.7 Å². The Morgan fingerprint density at radius 1 is 0.960 bits per heavy atom. The summed E-state index contributed by atoms with van der Waals surface area (Å²) in [5.41, 5.74) is 3.33. The van der Waals surface area contributed by atoms with E-state index >= 15 is 0 Å². The zero-order valence-electron chi connectivity index (χ0n) is 30.4. The van der Waals surface area contributed by atoms with Crippen LogP contribution in [0, 0.1) is 44.3 Å². The summed E-state index contributed by atoms with van der Waals surface area (Å²) in [5.74, 6) is -0.604. The maximum absolute atomic E-state index is 13.8. The van der Waals surface area contributed by atoms with Crippen molar-refractivity contribution >= 4 is 23.8 Å². The van der Waals surface area contributed by atoms with E-state index in [9.17, 15) is 24.8 Å². The Morgan fingerprint density at radius 3 is 2.32 bits per heavy atom. The van der Waals surface area contributed by atoms with Crippen LogP contribution in [0.4, 0.5) is 0 Å². The van der Waals surface area contributed by atoms with Crippen LogP contribution in [0.15, 0.2) is 76.1 Å². The Hall–Kier alpha value is -4.38. The normalized spacial score (nSPS) is 34.8. The minimum atomic E-state index is -0.770. The highest BCUT2D eigenvalue weighted by atomic mass is 16.6. The maximum atomic E-state index is 13.8. The lowest BCUT2D eigenvalue weighted by Gasteiger charge is -2.70. The van der Waals surface area contributed by atoms with Gasteiger partial charge in [-0.25, -0.2) is 4.79 Å². The Kier molecular flexibility index (Phi) is 8.82. The fourth-order valence-electron chi connectivity index (χ4n) is 10.2. The molecule has 0 saturated heterocycles. The van der Waals surface area contributed by atoms with Gasteiger partial charge in [0, 0.05) is 11.0 Å². The van der Waals surface area contributed by atoms with Gasteiger partial charge in [0.2, 0.25) is 5.78 Å². The zero-order chi connectivity index (χ0) is 36.3. The minimum Gasteiger partial charge on any atom is -0.504 e. The van der Waals surface area contributed by atoms with Crippen LogP contribution >= 0.6 is 0 Å². The molecule has 0 bridgehead atoms. The molecule has 8 nitrogen and oxygen atoms in total. The number of rotatable bonds is 7. The molecule has 8 heteroatoms. The molecule has 1 aromatic rings. The third-order valence-electron chi connectivity index (χ3n) is 13.7. The number of aliphatic hydroxyl groups is 1. The molecule has 6 rings (SSSR count). The maximum Gasteiger partial charge on any atom is 0.349 e. The summed E-state index contributed by atoms with van der Waals surface area (Å²) >= 11 is 0. The molecular weight excluding hydrogens is 630 g/mol.